The van der Waals surface area contributed by atoms with E-state index in [1.165, 1.54) is 0 Å². The van der Waals surface area contributed by atoms with Gasteiger partial charge >= 0.3 is 0 Å². The summed E-state index contributed by atoms with van der Waals surface area (Å²) in [5, 5.41) is 0. The Kier molecular flexibility index (Phi) is 3.21. The molecule has 0 aliphatic heterocycles. The molecule has 0 aliphatic rings. The van der Waals surface area contributed by atoms with E-state index in [1.807, 2.05) is 0 Å². The maximum absolute atomic E-state index is 11.8. The highest BCUT2D eigenvalue weighted by Gasteiger charge is 2.24. The van der Waals surface area contributed by atoms with Gasteiger partial charge in [-0.25, -0.2) is 0 Å². The Balaban J connectivity index is 3.13. The van der Waals surface area contributed by atoms with Crippen molar-refractivity contribution in [3.05, 3.63) is 29.8 Å². The van der Waals surface area contributed by atoms with Crippen molar-refractivity contribution in [2.45, 2.75) is 38.2 Å². The van der Waals surface area contributed by atoms with Gasteiger partial charge in [0.15, 0.2) is 0 Å². The third-order valence-corrected chi connectivity index (χ3v) is 3.44. The van der Waals surface area contributed by atoms with Crippen molar-refractivity contribution >= 4 is 10.1 Å². The van der Waals surface area contributed by atoms with E-state index in [9.17, 15) is 8.42 Å². The molecule has 1 aromatic carbocycles. The van der Waals surface area contributed by atoms with Crippen LogP contribution in [0.15, 0.2) is 29.2 Å². The van der Waals surface area contributed by atoms with Crippen LogP contribution in [0.25, 0.3) is 0 Å². The lowest BCUT2D eigenvalue weighted by atomic mass is 10.2. The number of benzene rings is 1. The lowest BCUT2D eigenvalue weighted by Gasteiger charge is -2.19. The Morgan fingerprint density at radius 1 is 1.13 bits per heavy atom. The molecule has 3 nitrogen and oxygen atoms in total. The fraction of sp³-hybridized carbons (Fsp3) is 0.455. The molecule has 0 amide bonds. The molecule has 84 valence electrons. The summed E-state index contributed by atoms with van der Waals surface area (Å²) in [6.45, 7) is 6.88. The van der Waals surface area contributed by atoms with E-state index in [0.717, 1.165) is 0 Å². The van der Waals surface area contributed by atoms with Crippen molar-refractivity contribution in [3.63, 3.8) is 0 Å². The zero-order valence-electron chi connectivity index (χ0n) is 9.44. The molecule has 0 atom stereocenters. The van der Waals surface area contributed by atoms with Crippen molar-refractivity contribution in [3.8, 4) is 0 Å². The Hall–Kier alpha value is -0.870. The summed E-state index contributed by atoms with van der Waals surface area (Å²) in [6, 6.07) is 6.78. The van der Waals surface area contributed by atoms with E-state index in [1.54, 1.807) is 52.0 Å². The number of hydrogen-bond acceptors (Lipinski definition) is 3. The number of hydrogen-bond donors (Lipinski definition) is 0. The first-order chi connectivity index (χ1) is 6.72. The topological polar surface area (TPSA) is 43.4 Å². The fourth-order valence-electron chi connectivity index (χ4n) is 1.21. The lowest BCUT2D eigenvalue weighted by molar-refractivity contribution is 0.139. The SMILES string of the molecule is Cc1ccccc1S(=O)(=O)OC(C)(C)C. The van der Waals surface area contributed by atoms with Gasteiger partial charge in [-0.3, -0.25) is 4.18 Å². The predicted octanol–water partition coefficient (Wildman–Crippen LogP) is 2.50. The summed E-state index contributed by atoms with van der Waals surface area (Å²) in [7, 11) is -3.65. The van der Waals surface area contributed by atoms with Crippen molar-refractivity contribution in [1.29, 1.82) is 0 Å². The summed E-state index contributed by atoms with van der Waals surface area (Å²) in [6.07, 6.45) is 0. The van der Waals surface area contributed by atoms with Gasteiger partial charge in [-0.05, 0) is 39.3 Å². The van der Waals surface area contributed by atoms with Crippen molar-refractivity contribution in [2.24, 2.45) is 0 Å². The van der Waals surface area contributed by atoms with Gasteiger partial charge in [-0.1, -0.05) is 18.2 Å². The van der Waals surface area contributed by atoms with Crippen molar-refractivity contribution < 1.29 is 12.6 Å². The zero-order valence-corrected chi connectivity index (χ0v) is 10.3. The molecule has 1 aromatic rings. The minimum Gasteiger partial charge on any atom is -0.261 e. The van der Waals surface area contributed by atoms with E-state index >= 15 is 0 Å². The van der Waals surface area contributed by atoms with Gasteiger partial charge in [0.25, 0.3) is 10.1 Å². The fourth-order valence-corrected chi connectivity index (χ4v) is 2.67. The Labute approximate surface area is 91.2 Å². The predicted molar refractivity (Wildman–Crippen MR) is 59.2 cm³/mol. The van der Waals surface area contributed by atoms with Gasteiger partial charge in [-0.15, -0.1) is 0 Å². The Bertz CT molecular complexity index is 441. The molecule has 0 saturated heterocycles. The summed E-state index contributed by atoms with van der Waals surface area (Å²) in [4.78, 5) is 0.236. The summed E-state index contributed by atoms with van der Waals surface area (Å²) in [5.41, 5.74) is -0.0112. The molecule has 1 rings (SSSR count). The summed E-state index contributed by atoms with van der Waals surface area (Å²) >= 11 is 0. The van der Waals surface area contributed by atoms with Crippen LogP contribution in [0.4, 0.5) is 0 Å². The third kappa shape index (κ3) is 3.32. The summed E-state index contributed by atoms with van der Waals surface area (Å²) in [5.74, 6) is 0. The Morgan fingerprint density at radius 2 is 1.67 bits per heavy atom. The molecule has 0 spiro atoms. The monoisotopic (exact) mass is 228 g/mol. The van der Waals surface area contributed by atoms with Crippen LogP contribution in [0.5, 0.6) is 0 Å². The van der Waals surface area contributed by atoms with Crippen LogP contribution < -0.4 is 0 Å². The van der Waals surface area contributed by atoms with E-state index < -0.39 is 15.7 Å². The van der Waals surface area contributed by atoms with Gasteiger partial charge in [0.05, 0.1) is 10.5 Å². The standard InChI is InChI=1S/C11H16O3S/c1-9-7-5-6-8-10(9)15(12,13)14-11(2,3)4/h5-8H,1-4H3. The van der Waals surface area contributed by atoms with Crippen LogP contribution >= 0.6 is 0 Å². The van der Waals surface area contributed by atoms with Crippen LogP contribution in [0.3, 0.4) is 0 Å². The minimum atomic E-state index is -3.65. The van der Waals surface area contributed by atoms with Crippen molar-refractivity contribution in [2.75, 3.05) is 0 Å². The molecule has 0 saturated carbocycles. The second kappa shape index (κ2) is 3.94. The van der Waals surface area contributed by atoms with Crippen LogP contribution in [0.1, 0.15) is 26.3 Å². The van der Waals surface area contributed by atoms with Crippen molar-refractivity contribution in [1.82, 2.24) is 0 Å². The third-order valence-electron chi connectivity index (χ3n) is 1.72. The number of rotatable bonds is 2. The molecule has 0 aliphatic carbocycles. The van der Waals surface area contributed by atoms with E-state index in [0.29, 0.717) is 5.56 Å². The average Bonchev–Trinajstić information content (AvgIpc) is 1.99. The van der Waals surface area contributed by atoms with Gasteiger partial charge in [0.1, 0.15) is 0 Å². The molecule has 0 aromatic heterocycles. The van der Waals surface area contributed by atoms with Gasteiger partial charge < -0.3 is 0 Å². The number of aryl methyl sites for hydroxylation is 1. The maximum Gasteiger partial charge on any atom is 0.297 e. The van der Waals surface area contributed by atoms with Crippen LogP contribution in [0, 0.1) is 6.92 Å². The normalized spacial score (nSPS) is 12.8. The second-order valence-electron chi connectivity index (χ2n) is 4.42. The van der Waals surface area contributed by atoms with E-state index in [-0.39, 0.29) is 4.90 Å². The zero-order chi connectivity index (χ0) is 11.7. The maximum atomic E-state index is 11.8. The summed E-state index contributed by atoms with van der Waals surface area (Å²) < 4.78 is 28.8. The van der Waals surface area contributed by atoms with Gasteiger partial charge in [0.2, 0.25) is 0 Å². The quantitative estimate of drug-likeness (QED) is 0.730. The largest absolute Gasteiger partial charge is 0.297 e. The second-order valence-corrected chi connectivity index (χ2v) is 5.93. The van der Waals surface area contributed by atoms with Gasteiger partial charge in [-0.2, -0.15) is 8.42 Å². The first-order valence-corrected chi connectivity index (χ1v) is 6.14. The molecule has 0 heterocycles. The molecule has 0 bridgehead atoms. The van der Waals surface area contributed by atoms with Gasteiger partial charge in [0, 0.05) is 0 Å². The highest BCUT2D eigenvalue weighted by atomic mass is 32.2. The molecule has 4 heteroatoms. The smallest absolute Gasteiger partial charge is 0.261 e. The molecule has 0 unspecified atom stereocenters. The molecule has 15 heavy (non-hydrogen) atoms. The van der Waals surface area contributed by atoms with E-state index in [4.69, 9.17) is 4.18 Å². The lowest BCUT2D eigenvalue weighted by Crippen LogP contribution is -2.24. The highest BCUT2D eigenvalue weighted by Crippen LogP contribution is 2.21. The Morgan fingerprint density at radius 3 is 2.13 bits per heavy atom. The van der Waals surface area contributed by atoms with Crippen LogP contribution in [0.2, 0.25) is 0 Å². The molecule has 0 fully saturated rings. The van der Waals surface area contributed by atoms with Crippen LogP contribution in [-0.4, -0.2) is 14.0 Å². The molecular weight excluding hydrogens is 212 g/mol. The highest BCUT2D eigenvalue weighted by molar-refractivity contribution is 7.86. The average molecular weight is 228 g/mol. The molecular formula is C11H16O3S. The minimum absolute atomic E-state index is 0.236. The first kappa shape index (κ1) is 12.2. The first-order valence-electron chi connectivity index (χ1n) is 4.74. The van der Waals surface area contributed by atoms with Crippen LogP contribution in [-0.2, 0) is 14.3 Å². The molecule has 0 N–H and O–H groups in total. The molecule has 0 radical (unpaired) electrons. The van der Waals surface area contributed by atoms with E-state index in [2.05, 4.69) is 0 Å².